The predicted octanol–water partition coefficient (Wildman–Crippen LogP) is 2.00. The summed E-state index contributed by atoms with van der Waals surface area (Å²) in [5.41, 5.74) is 2.54. The van der Waals surface area contributed by atoms with Crippen LogP contribution in [0.3, 0.4) is 0 Å². The molecule has 0 saturated carbocycles. The van der Waals surface area contributed by atoms with Gasteiger partial charge in [0.1, 0.15) is 0 Å². The van der Waals surface area contributed by atoms with Gasteiger partial charge in [-0.15, -0.1) is 0 Å². The standard InChI is InChI=1S/C13H20BNO2/c1-9-7-10(2)11(15-8-9)14-16-12(3,4)13(5,6)17-14/h7-8H,1-6H3. The van der Waals surface area contributed by atoms with Crippen LogP contribution < -0.4 is 5.59 Å². The Kier molecular flexibility index (Phi) is 2.83. The molecule has 0 radical (unpaired) electrons. The number of pyridine rings is 1. The van der Waals surface area contributed by atoms with E-state index >= 15 is 0 Å². The lowest BCUT2D eigenvalue weighted by Crippen LogP contribution is -2.41. The normalized spacial score (nSPS) is 21.9. The van der Waals surface area contributed by atoms with E-state index in [2.05, 4.69) is 38.7 Å². The molecular formula is C13H20BNO2. The number of nitrogens with zero attached hydrogens (tertiary/aromatic N) is 1. The van der Waals surface area contributed by atoms with Crippen LogP contribution >= 0.6 is 0 Å². The summed E-state index contributed by atoms with van der Waals surface area (Å²) >= 11 is 0. The number of aryl methyl sites for hydroxylation is 2. The second kappa shape index (κ2) is 3.82. The van der Waals surface area contributed by atoms with Crippen LogP contribution in [-0.2, 0) is 9.31 Å². The van der Waals surface area contributed by atoms with E-state index in [1.54, 1.807) is 0 Å². The van der Waals surface area contributed by atoms with E-state index in [1.165, 1.54) is 0 Å². The van der Waals surface area contributed by atoms with Gasteiger partial charge in [0.2, 0.25) is 0 Å². The van der Waals surface area contributed by atoms with Crippen molar-refractivity contribution >= 4 is 12.7 Å². The number of hydrogen-bond donors (Lipinski definition) is 0. The van der Waals surface area contributed by atoms with E-state index < -0.39 is 0 Å². The summed E-state index contributed by atoms with van der Waals surface area (Å²) < 4.78 is 12.0. The molecule has 0 aliphatic carbocycles. The molecule has 92 valence electrons. The van der Waals surface area contributed by atoms with Gasteiger partial charge in [-0.25, -0.2) is 0 Å². The topological polar surface area (TPSA) is 31.4 Å². The predicted molar refractivity (Wildman–Crippen MR) is 69.4 cm³/mol. The van der Waals surface area contributed by atoms with Gasteiger partial charge in [-0.3, -0.25) is 4.98 Å². The molecule has 1 fully saturated rings. The molecule has 2 heterocycles. The minimum absolute atomic E-state index is 0.309. The fraction of sp³-hybridized carbons (Fsp3) is 0.615. The molecule has 1 saturated heterocycles. The van der Waals surface area contributed by atoms with Gasteiger partial charge in [0, 0.05) is 6.20 Å². The summed E-state index contributed by atoms with van der Waals surface area (Å²) in [5, 5.41) is 0. The Labute approximate surface area is 104 Å². The largest absolute Gasteiger partial charge is 0.514 e. The lowest BCUT2D eigenvalue weighted by atomic mass is 9.81. The molecule has 1 aliphatic rings. The first-order chi connectivity index (χ1) is 7.73. The summed E-state index contributed by atoms with van der Waals surface area (Å²) in [7, 11) is -0.361. The Hall–Kier alpha value is -0.865. The van der Waals surface area contributed by atoms with Crippen molar-refractivity contribution in [3.63, 3.8) is 0 Å². The van der Waals surface area contributed by atoms with Gasteiger partial charge in [0.05, 0.1) is 16.8 Å². The monoisotopic (exact) mass is 233 g/mol. The number of aromatic nitrogens is 1. The summed E-state index contributed by atoms with van der Waals surface area (Å²) in [4.78, 5) is 4.44. The molecule has 1 aliphatic heterocycles. The smallest absolute Gasteiger partial charge is 0.398 e. The van der Waals surface area contributed by atoms with Crippen LogP contribution in [0, 0.1) is 13.8 Å². The second-order valence-electron chi connectivity index (χ2n) is 5.80. The second-order valence-corrected chi connectivity index (χ2v) is 5.80. The van der Waals surface area contributed by atoms with Gasteiger partial charge in [-0.05, 0) is 52.7 Å². The minimum Gasteiger partial charge on any atom is -0.398 e. The van der Waals surface area contributed by atoms with E-state index in [-0.39, 0.29) is 18.3 Å². The van der Waals surface area contributed by atoms with E-state index in [1.807, 2.05) is 20.0 Å². The van der Waals surface area contributed by atoms with Crippen LogP contribution in [0.5, 0.6) is 0 Å². The van der Waals surface area contributed by atoms with E-state index in [4.69, 9.17) is 9.31 Å². The lowest BCUT2D eigenvalue weighted by Gasteiger charge is -2.32. The zero-order chi connectivity index (χ0) is 12.8. The van der Waals surface area contributed by atoms with Crippen molar-refractivity contribution in [1.29, 1.82) is 0 Å². The van der Waals surface area contributed by atoms with Crippen molar-refractivity contribution in [2.45, 2.75) is 52.7 Å². The Morgan fingerprint density at radius 1 is 1.06 bits per heavy atom. The van der Waals surface area contributed by atoms with Crippen LogP contribution in [0.1, 0.15) is 38.8 Å². The fourth-order valence-corrected chi connectivity index (χ4v) is 1.93. The van der Waals surface area contributed by atoms with E-state index in [0.29, 0.717) is 0 Å². The molecule has 3 nitrogen and oxygen atoms in total. The first-order valence-electron chi connectivity index (χ1n) is 6.02. The molecule has 4 heteroatoms. The Balaban J connectivity index is 2.32. The van der Waals surface area contributed by atoms with Gasteiger partial charge < -0.3 is 9.31 Å². The molecule has 0 bridgehead atoms. The molecule has 2 rings (SSSR count). The van der Waals surface area contributed by atoms with Crippen LogP contribution in [0.4, 0.5) is 0 Å². The number of hydrogen-bond acceptors (Lipinski definition) is 3. The van der Waals surface area contributed by atoms with Crippen molar-refractivity contribution in [3.8, 4) is 0 Å². The van der Waals surface area contributed by atoms with Crippen molar-refractivity contribution in [1.82, 2.24) is 4.98 Å². The molecular weight excluding hydrogens is 213 g/mol. The van der Waals surface area contributed by atoms with Crippen molar-refractivity contribution in [3.05, 3.63) is 23.4 Å². The molecule has 0 atom stereocenters. The first-order valence-corrected chi connectivity index (χ1v) is 6.02. The SMILES string of the molecule is Cc1cnc(B2OC(C)(C)C(C)(C)O2)c(C)c1. The van der Waals surface area contributed by atoms with Gasteiger partial charge in [0.25, 0.3) is 0 Å². The van der Waals surface area contributed by atoms with Crippen LogP contribution in [0.15, 0.2) is 12.3 Å². The van der Waals surface area contributed by atoms with Crippen LogP contribution in [0.2, 0.25) is 0 Å². The van der Waals surface area contributed by atoms with Crippen molar-refractivity contribution < 1.29 is 9.31 Å². The van der Waals surface area contributed by atoms with Gasteiger partial charge in [-0.2, -0.15) is 0 Å². The first kappa shape index (κ1) is 12.6. The quantitative estimate of drug-likeness (QED) is 0.695. The van der Waals surface area contributed by atoms with Gasteiger partial charge in [-0.1, -0.05) is 6.07 Å². The third-order valence-corrected chi connectivity index (χ3v) is 3.73. The summed E-state index contributed by atoms with van der Waals surface area (Å²) in [6.07, 6.45) is 1.85. The maximum atomic E-state index is 5.99. The Bertz CT molecular complexity index is 427. The zero-order valence-electron chi connectivity index (χ0n) is 11.5. The zero-order valence-corrected chi connectivity index (χ0v) is 11.5. The molecule has 0 amide bonds. The third kappa shape index (κ3) is 2.12. The number of rotatable bonds is 1. The maximum absolute atomic E-state index is 5.99. The third-order valence-electron chi connectivity index (χ3n) is 3.73. The lowest BCUT2D eigenvalue weighted by molar-refractivity contribution is 0.00578. The molecule has 17 heavy (non-hydrogen) atoms. The highest BCUT2D eigenvalue weighted by Crippen LogP contribution is 2.36. The molecule has 0 N–H and O–H groups in total. The van der Waals surface area contributed by atoms with Crippen molar-refractivity contribution in [2.24, 2.45) is 0 Å². The molecule has 0 unspecified atom stereocenters. The maximum Gasteiger partial charge on any atom is 0.514 e. The average molecular weight is 233 g/mol. The molecule has 1 aromatic heterocycles. The van der Waals surface area contributed by atoms with Crippen LogP contribution in [-0.4, -0.2) is 23.3 Å². The molecule has 0 aromatic carbocycles. The van der Waals surface area contributed by atoms with Gasteiger partial charge >= 0.3 is 7.12 Å². The Morgan fingerprint density at radius 2 is 1.59 bits per heavy atom. The van der Waals surface area contributed by atoms with E-state index in [9.17, 15) is 0 Å². The highest BCUT2D eigenvalue weighted by Gasteiger charge is 2.52. The van der Waals surface area contributed by atoms with E-state index in [0.717, 1.165) is 16.7 Å². The highest BCUT2D eigenvalue weighted by molar-refractivity contribution is 6.61. The van der Waals surface area contributed by atoms with Crippen LogP contribution in [0.25, 0.3) is 0 Å². The average Bonchev–Trinajstić information content (AvgIpc) is 2.35. The Morgan fingerprint density at radius 3 is 2.06 bits per heavy atom. The molecule has 1 aromatic rings. The minimum atomic E-state index is -0.361. The summed E-state index contributed by atoms with van der Waals surface area (Å²) in [5.74, 6) is 0. The van der Waals surface area contributed by atoms with Crippen molar-refractivity contribution in [2.75, 3.05) is 0 Å². The fourth-order valence-electron chi connectivity index (χ4n) is 1.93. The van der Waals surface area contributed by atoms with Gasteiger partial charge in [0.15, 0.2) is 0 Å². The summed E-state index contributed by atoms with van der Waals surface area (Å²) in [6.45, 7) is 12.3. The highest BCUT2D eigenvalue weighted by atomic mass is 16.7. The molecule has 0 spiro atoms. The summed E-state index contributed by atoms with van der Waals surface area (Å²) in [6, 6.07) is 2.10.